The smallest absolute Gasteiger partial charge is 0.188 e. The summed E-state index contributed by atoms with van der Waals surface area (Å²) in [7, 11) is 3.16. The maximum Gasteiger partial charge on any atom is 0.188 e. The number of carbonyl (C=O) groups is 1. The maximum atomic E-state index is 12.8. The van der Waals surface area contributed by atoms with E-state index in [0.29, 0.717) is 29.2 Å². The number of hydrogen-bond donors (Lipinski definition) is 2. The standard InChI is InChI=1S/C21H21N3O3/c1-12-5-4-6-13-9-15(23-20(12)13)19-17(25)11-24(21(19)22)16-10-14(26-2)7-8-18(16)27-3/h4-8,10,22-23H,9,11H2,1-3H3. The molecule has 0 saturated carbocycles. The van der Waals surface area contributed by atoms with E-state index in [1.54, 1.807) is 37.3 Å². The van der Waals surface area contributed by atoms with Crippen LogP contribution in [0.15, 0.2) is 47.7 Å². The molecule has 0 spiro atoms. The zero-order chi connectivity index (χ0) is 19.1. The second-order valence-electron chi connectivity index (χ2n) is 6.66. The Kier molecular flexibility index (Phi) is 4.11. The number of allylic oxidation sites excluding steroid dienone is 1. The summed E-state index contributed by atoms with van der Waals surface area (Å²) in [6.07, 6.45) is 0.629. The fourth-order valence-corrected chi connectivity index (χ4v) is 3.68. The average Bonchev–Trinajstić information content (AvgIpc) is 3.22. The number of hydrogen-bond acceptors (Lipinski definition) is 5. The van der Waals surface area contributed by atoms with Gasteiger partial charge in [0.2, 0.25) is 0 Å². The Bertz CT molecular complexity index is 994. The van der Waals surface area contributed by atoms with E-state index >= 15 is 0 Å². The Morgan fingerprint density at radius 1 is 1.15 bits per heavy atom. The molecule has 0 aliphatic carbocycles. The van der Waals surface area contributed by atoms with Crippen molar-refractivity contribution >= 4 is 23.0 Å². The topological polar surface area (TPSA) is 74.7 Å². The van der Waals surface area contributed by atoms with Crippen molar-refractivity contribution in [1.82, 2.24) is 0 Å². The van der Waals surface area contributed by atoms with Gasteiger partial charge in [-0.15, -0.1) is 0 Å². The largest absolute Gasteiger partial charge is 0.497 e. The van der Waals surface area contributed by atoms with Crippen LogP contribution in [0.4, 0.5) is 11.4 Å². The minimum Gasteiger partial charge on any atom is -0.497 e. The van der Waals surface area contributed by atoms with Gasteiger partial charge in [-0.05, 0) is 30.2 Å². The fourth-order valence-electron chi connectivity index (χ4n) is 3.68. The van der Waals surface area contributed by atoms with Gasteiger partial charge in [0.1, 0.15) is 17.3 Å². The highest BCUT2D eigenvalue weighted by Crippen LogP contribution is 2.38. The van der Waals surface area contributed by atoms with Crippen molar-refractivity contribution in [3.63, 3.8) is 0 Å². The molecule has 0 bridgehead atoms. The molecule has 2 aromatic carbocycles. The lowest BCUT2D eigenvalue weighted by Gasteiger charge is -2.20. The third kappa shape index (κ3) is 2.73. The maximum absolute atomic E-state index is 12.8. The lowest BCUT2D eigenvalue weighted by Crippen LogP contribution is -2.25. The Balaban J connectivity index is 1.73. The van der Waals surface area contributed by atoms with E-state index in [2.05, 4.69) is 11.4 Å². The molecule has 0 unspecified atom stereocenters. The van der Waals surface area contributed by atoms with Gasteiger partial charge in [-0.1, -0.05) is 18.2 Å². The number of ether oxygens (including phenoxy) is 2. The molecule has 0 atom stereocenters. The number of methoxy groups -OCH3 is 2. The number of Topliss-reactive ketones (excluding diaryl/α,β-unsaturated/α-hetero) is 1. The highest BCUT2D eigenvalue weighted by atomic mass is 16.5. The van der Waals surface area contributed by atoms with Crippen molar-refractivity contribution in [1.29, 1.82) is 5.41 Å². The van der Waals surface area contributed by atoms with Crippen LogP contribution in [-0.2, 0) is 11.2 Å². The van der Waals surface area contributed by atoms with E-state index in [1.165, 1.54) is 0 Å². The first-order chi connectivity index (χ1) is 13.0. The second kappa shape index (κ2) is 6.46. The lowest BCUT2D eigenvalue weighted by molar-refractivity contribution is -0.113. The van der Waals surface area contributed by atoms with Gasteiger partial charge in [-0.3, -0.25) is 10.2 Å². The molecule has 0 radical (unpaired) electrons. The predicted molar refractivity (Wildman–Crippen MR) is 105 cm³/mol. The van der Waals surface area contributed by atoms with E-state index in [-0.39, 0.29) is 18.2 Å². The summed E-state index contributed by atoms with van der Waals surface area (Å²) >= 11 is 0. The number of nitrogens with zero attached hydrogens (tertiary/aromatic N) is 1. The van der Waals surface area contributed by atoms with Gasteiger partial charge in [-0.25, -0.2) is 0 Å². The Hall–Kier alpha value is -3.28. The summed E-state index contributed by atoms with van der Waals surface area (Å²) in [6, 6.07) is 11.5. The zero-order valence-corrected chi connectivity index (χ0v) is 15.6. The minimum absolute atomic E-state index is 0.0715. The zero-order valence-electron chi connectivity index (χ0n) is 15.6. The molecule has 1 saturated heterocycles. The molecule has 0 aromatic heterocycles. The van der Waals surface area contributed by atoms with Crippen LogP contribution in [0.2, 0.25) is 0 Å². The van der Waals surface area contributed by atoms with Gasteiger partial charge in [-0.2, -0.15) is 0 Å². The van der Waals surface area contributed by atoms with Gasteiger partial charge in [0.05, 0.1) is 32.0 Å². The highest BCUT2D eigenvalue weighted by molar-refractivity contribution is 6.33. The van der Waals surface area contributed by atoms with Gasteiger partial charge in [0.25, 0.3) is 0 Å². The van der Waals surface area contributed by atoms with Crippen LogP contribution >= 0.6 is 0 Å². The molecule has 0 amide bonds. The Labute approximate surface area is 157 Å². The number of para-hydroxylation sites is 1. The highest BCUT2D eigenvalue weighted by Gasteiger charge is 2.37. The molecule has 2 aromatic rings. The third-order valence-electron chi connectivity index (χ3n) is 5.07. The van der Waals surface area contributed by atoms with Crippen molar-refractivity contribution in [2.75, 3.05) is 31.0 Å². The molecule has 2 heterocycles. The van der Waals surface area contributed by atoms with Crippen molar-refractivity contribution in [2.45, 2.75) is 13.3 Å². The van der Waals surface area contributed by atoms with E-state index in [0.717, 1.165) is 22.5 Å². The molecule has 4 rings (SSSR count). The van der Waals surface area contributed by atoms with Gasteiger partial charge >= 0.3 is 0 Å². The molecule has 138 valence electrons. The predicted octanol–water partition coefficient (Wildman–Crippen LogP) is 3.30. The third-order valence-corrected chi connectivity index (χ3v) is 5.07. The number of anilines is 2. The van der Waals surface area contributed by atoms with Crippen LogP contribution in [0.5, 0.6) is 11.5 Å². The summed E-state index contributed by atoms with van der Waals surface area (Å²) in [5, 5.41) is 12.0. The summed E-state index contributed by atoms with van der Waals surface area (Å²) < 4.78 is 10.7. The Morgan fingerprint density at radius 2 is 1.96 bits per heavy atom. The summed E-state index contributed by atoms with van der Waals surface area (Å²) in [5.41, 5.74) is 5.20. The van der Waals surface area contributed by atoms with Crippen LogP contribution in [0, 0.1) is 12.3 Å². The number of amidine groups is 1. The molecule has 1 fully saturated rings. The number of carbonyl (C=O) groups excluding carboxylic acids is 1. The van der Waals surface area contributed by atoms with Gasteiger partial charge in [0, 0.05) is 23.9 Å². The molecular weight excluding hydrogens is 342 g/mol. The molecule has 2 N–H and O–H groups in total. The van der Waals surface area contributed by atoms with E-state index in [4.69, 9.17) is 14.9 Å². The number of rotatable bonds is 3. The van der Waals surface area contributed by atoms with Crippen molar-refractivity contribution in [2.24, 2.45) is 0 Å². The van der Waals surface area contributed by atoms with E-state index < -0.39 is 0 Å². The lowest BCUT2D eigenvalue weighted by atomic mass is 10.1. The average molecular weight is 363 g/mol. The van der Waals surface area contributed by atoms with Crippen LogP contribution in [0.3, 0.4) is 0 Å². The number of aryl methyl sites for hydroxylation is 1. The molecule has 27 heavy (non-hydrogen) atoms. The SMILES string of the molecule is COc1ccc(OC)c(N2CC(=O)C(=C3Cc4cccc(C)c4N3)C2=N)c1. The second-order valence-corrected chi connectivity index (χ2v) is 6.66. The van der Waals surface area contributed by atoms with E-state index in [9.17, 15) is 4.79 Å². The van der Waals surface area contributed by atoms with Crippen LogP contribution in [0.1, 0.15) is 11.1 Å². The number of nitrogens with one attached hydrogen (secondary N) is 2. The van der Waals surface area contributed by atoms with Crippen molar-refractivity contribution in [3.8, 4) is 11.5 Å². The Morgan fingerprint density at radius 3 is 2.67 bits per heavy atom. The monoisotopic (exact) mass is 363 g/mol. The number of benzene rings is 2. The fraction of sp³-hybridized carbons (Fsp3) is 0.238. The minimum atomic E-state index is -0.0715. The first-order valence-electron chi connectivity index (χ1n) is 8.74. The van der Waals surface area contributed by atoms with Gasteiger partial charge in [0.15, 0.2) is 5.78 Å². The quantitative estimate of drug-likeness (QED) is 0.819. The molecule has 2 aliphatic rings. The van der Waals surface area contributed by atoms with Crippen LogP contribution < -0.4 is 19.7 Å². The van der Waals surface area contributed by atoms with E-state index in [1.807, 2.05) is 19.1 Å². The first-order valence-corrected chi connectivity index (χ1v) is 8.74. The van der Waals surface area contributed by atoms with Crippen LogP contribution in [0.25, 0.3) is 0 Å². The van der Waals surface area contributed by atoms with Gasteiger partial charge < -0.3 is 19.7 Å². The first kappa shape index (κ1) is 17.1. The molecule has 6 nitrogen and oxygen atoms in total. The molecule has 2 aliphatic heterocycles. The summed E-state index contributed by atoms with van der Waals surface area (Å²) in [5.74, 6) is 1.35. The number of fused-ring (bicyclic) bond motifs is 1. The summed E-state index contributed by atoms with van der Waals surface area (Å²) in [4.78, 5) is 14.5. The number of ketones is 1. The van der Waals surface area contributed by atoms with Crippen molar-refractivity contribution in [3.05, 3.63) is 58.8 Å². The summed E-state index contributed by atoms with van der Waals surface area (Å²) in [6.45, 7) is 2.15. The molecular formula is C21H21N3O3. The normalized spacial score (nSPS) is 18.6. The van der Waals surface area contributed by atoms with Crippen molar-refractivity contribution < 1.29 is 14.3 Å². The van der Waals surface area contributed by atoms with Crippen LogP contribution in [-0.4, -0.2) is 32.4 Å². The molecule has 6 heteroatoms.